The SMILES string of the molecule is COc1cc(C(=O)NC2CCCc3ccccc32)c(N(Cc2ccc(Cl)cc2)S(C)(=O)=O)cc1OC. The number of fused-ring (bicyclic) bond motifs is 1. The van der Waals surface area contributed by atoms with Gasteiger partial charge < -0.3 is 14.8 Å². The summed E-state index contributed by atoms with van der Waals surface area (Å²) in [6, 6.07) is 17.8. The van der Waals surface area contributed by atoms with E-state index in [0.29, 0.717) is 22.1 Å². The molecule has 1 aliphatic rings. The molecule has 36 heavy (non-hydrogen) atoms. The molecule has 0 fully saturated rings. The molecule has 0 heterocycles. The molecule has 0 saturated carbocycles. The average Bonchev–Trinajstić information content (AvgIpc) is 2.87. The molecule has 7 nitrogen and oxygen atoms in total. The highest BCUT2D eigenvalue weighted by molar-refractivity contribution is 7.92. The Kier molecular flexibility index (Phi) is 7.76. The van der Waals surface area contributed by atoms with Crippen molar-refractivity contribution in [1.82, 2.24) is 5.32 Å². The van der Waals surface area contributed by atoms with Crippen LogP contribution >= 0.6 is 11.6 Å². The molecule has 0 aliphatic heterocycles. The number of nitrogens with zero attached hydrogens (tertiary/aromatic N) is 1. The minimum absolute atomic E-state index is 0.0119. The first-order chi connectivity index (χ1) is 17.2. The van der Waals surface area contributed by atoms with E-state index < -0.39 is 15.9 Å². The van der Waals surface area contributed by atoms with Gasteiger partial charge in [-0.2, -0.15) is 0 Å². The van der Waals surface area contributed by atoms with E-state index >= 15 is 0 Å². The first-order valence-corrected chi connectivity index (χ1v) is 13.8. The summed E-state index contributed by atoms with van der Waals surface area (Å²) in [5.74, 6) is 0.254. The van der Waals surface area contributed by atoms with Gasteiger partial charge in [0.1, 0.15) is 0 Å². The summed E-state index contributed by atoms with van der Waals surface area (Å²) in [7, 11) is -0.851. The number of hydrogen-bond acceptors (Lipinski definition) is 5. The fourth-order valence-electron chi connectivity index (χ4n) is 4.53. The molecule has 3 aromatic rings. The number of hydrogen-bond donors (Lipinski definition) is 1. The number of methoxy groups -OCH3 is 2. The van der Waals surface area contributed by atoms with E-state index in [9.17, 15) is 13.2 Å². The van der Waals surface area contributed by atoms with Gasteiger partial charge in [0, 0.05) is 11.1 Å². The predicted molar refractivity (Wildman–Crippen MR) is 142 cm³/mol. The van der Waals surface area contributed by atoms with Crippen molar-refractivity contribution in [3.63, 3.8) is 0 Å². The molecule has 3 aromatic carbocycles. The van der Waals surface area contributed by atoms with Crippen LogP contribution in [0.15, 0.2) is 60.7 Å². The van der Waals surface area contributed by atoms with Crippen molar-refractivity contribution in [3.8, 4) is 11.5 Å². The Morgan fingerprint density at radius 3 is 2.39 bits per heavy atom. The lowest BCUT2D eigenvalue weighted by Crippen LogP contribution is -2.35. The van der Waals surface area contributed by atoms with Crippen molar-refractivity contribution in [3.05, 3.63) is 87.9 Å². The number of halogens is 1. The summed E-state index contributed by atoms with van der Waals surface area (Å²) in [5, 5.41) is 3.67. The maximum atomic E-state index is 13.7. The molecule has 0 radical (unpaired) electrons. The Balaban J connectivity index is 1.78. The van der Waals surface area contributed by atoms with Crippen LogP contribution in [0.3, 0.4) is 0 Å². The Morgan fingerprint density at radius 2 is 1.72 bits per heavy atom. The van der Waals surface area contributed by atoms with Gasteiger partial charge in [0.25, 0.3) is 5.91 Å². The molecule has 4 rings (SSSR count). The lowest BCUT2D eigenvalue weighted by Gasteiger charge is -2.29. The molecular formula is C27H29ClN2O5S. The number of anilines is 1. The van der Waals surface area contributed by atoms with Crippen molar-refractivity contribution in [1.29, 1.82) is 0 Å². The fraction of sp³-hybridized carbons (Fsp3) is 0.296. The van der Waals surface area contributed by atoms with Gasteiger partial charge in [0.2, 0.25) is 10.0 Å². The number of nitrogens with one attached hydrogen (secondary N) is 1. The van der Waals surface area contributed by atoms with E-state index in [4.69, 9.17) is 21.1 Å². The van der Waals surface area contributed by atoms with Crippen LogP contribution in [0, 0.1) is 0 Å². The van der Waals surface area contributed by atoms with Gasteiger partial charge in [-0.15, -0.1) is 0 Å². The number of aryl methyl sites for hydroxylation is 1. The summed E-state index contributed by atoms with van der Waals surface area (Å²) in [5.41, 5.74) is 3.39. The van der Waals surface area contributed by atoms with Gasteiger partial charge in [-0.05, 0) is 54.2 Å². The molecule has 9 heteroatoms. The van der Waals surface area contributed by atoms with Gasteiger partial charge >= 0.3 is 0 Å². The molecular weight excluding hydrogens is 500 g/mol. The summed E-state index contributed by atoms with van der Waals surface area (Å²) in [6.45, 7) is 0.0119. The standard InChI is InChI=1S/C27H29ClN2O5S/c1-34-25-15-22(27(31)29-23-10-6-8-19-7-4-5-9-21(19)23)24(16-26(25)35-2)30(36(3,32)33)17-18-11-13-20(28)14-12-18/h4-5,7,9,11-16,23H,6,8,10,17H2,1-3H3,(H,29,31). The van der Waals surface area contributed by atoms with Gasteiger partial charge in [-0.3, -0.25) is 9.10 Å². The van der Waals surface area contributed by atoms with Crippen LogP contribution in [0.4, 0.5) is 5.69 Å². The number of benzene rings is 3. The maximum absolute atomic E-state index is 13.7. The highest BCUT2D eigenvalue weighted by Crippen LogP contribution is 2.38. The number of sulfonamides is 1. The van der Waals surface area contributed by atoms with Crippen LogP contribution in [0.5, 0.6) is 11.5 Å². The minimum atomic E-state index is -3.78. The molecule has 1 amide bonds. The highest BCUT2D eigenvalue weighted by Gasteiger charge is 2.29. The van der Waals surface area contributed by atoms with Crippen LogP contribution in [0.2, 0.25) is 5.02 Å². The highest BCUT2D eigenvalue weighted by atomic mass is 35.5. The maximum Gasteiger partial charge on any atom is 0.254 e. The summed E-state index contributed by atoms with van der Waals surface area (Å²) < 4.78 is 38.0. The summed E-state index contributed by atoms with van der Waals surface area (Å²) >= 11 is 6.01. The zero-order chi connectivity index (χ0) is 25.9. The lowest BCUT2D eigenvalue weighted by molar-refractivity contribution is 0.0933. The first-order valence-electron chi connectivity index (χ1n) is 11.6. The topological polar surface area (TPSA) is 84.9 Å². The van der Waals surface area contributed by atoms with E-state index in [-0.39, 0.29) is 23.8 Å². The van der Waals surface area contributed by atoms with Gasteiger partial charge in [-0.1, -0.05) is 48.0 Å². The number of carbonyl (C=O) groups is 1. The molecule has 0 aromatic heterocycles. The lowest BCUT2D eigenvalue weighted by atomic mass is 9.87. The van der Waals surface area contributed by atoms with Crippen molar-refractivity contribution in [2.24, 2.45) is 0 Å². The third-order valence-corrected chi connectivity index (χ3v) is 7.71. The Bertz CT molecular complexity index is 1360. The zero-order valence-corrected chi connectivity index (χ0v) is 22.0. The normalized spacial score (nSPS) is 15.1. The van der Waals surface area contributed by atoms with Crippen molar-refractivity contribution < 1.29 is 22.7 Å². The number of rotatable bonds is 8. The smallest absolute Gasteiger partial charge is 0.254 e. The predicted octanol–water partition coefficient (Wildman–Crippen LogP) is 5.13. The molecule has 0 bridgehead atoms. The Morgan fingerprint density at radius 1 is 1.06 bits per heavy atom. The third kappa shape index (κ3) is 5.60. The average molecular weight is 529 g/mol. The molecule has 1 unspecified atom stereocenters. The molecule has 1 atom stereocenters. The molecule has 0 saturated heterocycles. The van der Waals surface area contributed by atoms with Crippen molar-refractivity contribution in [2.45, 2.75) is 31.8 Å². The second kappa shape index (κ2) is 10.8. The zero-order valence-electron chi connectivity index (χ0n) is 20.5. The summed E-state index contributed by atoms with van der Waals surface area (Å²) in [6.07, 6.45) is 3.82. The van der Waals surface area contributed by atoms with E-state index in [1.807, 2.05) is 18.2 Å². The number of ether oxygens (including phenoxy) is 2. The largest absolute Gasteiger partial charge is 0.493 e. The summed E-state index contributed by atoms with van der Waals surface area (Å²) in [4.78, 5) is 13.7. The number of amides is 1. The van der Waals surface area contributed by atoms with Crippen LogP contribution in [-0.4, -0.2) is 34.8 Å². The van der Waals surface area contributed by atoms with Gasteiger partial charge in [0.15, 0.2) is 11.5 Å². The number of carbonyl (C=O) groups excluding carboxylic acids is 1. The van der Waals surface area contributed by atoms with Crippen molar-refractivity contribution >= 4 is 33.2 Å². The Hall–Kier alpha value is -3.23. The van der Waals surface area contributed by atoms with Gasteiger partial charge in [-0.25, -0.2) is 8.42 Å². The third-order valence-electron chi connectivity index (χ3n) is 6.33. The van der Waals surface area contributed by atoms with Crippen LogP contribution in [-0.2, 0) is 23.0 Å². The van der Waals surface area contributed by atoms with E-state index in [2.05, 4.69) is 11.4 Å². The van der Waals surface area contributed by atoms with Crippen LogP contribution < -0.4 is 19.1 Å². The van der Waals surface area contributed by atoms with Crippen LogP contribution in [0.1, 0.15) is 45.9 Å². The van der Waals surface area contributed by atoms with Crippen molar-refractivity contribution in [2.75, 3.05) is 24.8 Å². The van der Waals surface area contributed by atoms with E-state index in [0.717, 1.165) is 31.1 Å². The molecule has 1 N–H and O–H groups in total. The molecule has 190 valence electrons. The molecule has 0 spiro atoms. The van der Waals surface area contributed by atoms with E-state index in [1.54, 1.807) is 24.3 Å². The molecule has 1 aliphatic carbocycles. The quantitative estimate of drug-likeness (QED) is 0.438. The van der Waals surface area contributed by atoms with Crippen LogP contribution in [0.25, 0.3) is 0 Å². The fourth-order valence-corrected chi connectivity index (χ4v) is 5.55. The van der Waals surface area contributed by atoms with Gasteiger partial charge in [0.05, 0.1) is 44.3 Å². The van der Waals surface area contributed by atoms with E-state index in [1.165, 1.54) is 36.2 Å². The second-order valence-electron chi connectivity index (χ2n) is 8.74. The monoisotopic (exact) mass is 528 g/mol. The second-order valence-corrected chi connectivity index (χ2v) is 11.1. The minimum Gasteiger partial charge on any atom is -0.493 e. The Labute approximate surface area is 217 Å². The first kappa shape index (κ1) is 25.9.